The summed E-state index contributed by atoms with van der Waals surface area (Å²) in [5.41, 5.74) is 2.92. The molecule has 0 fully saturated rings. The van der Waals surface area contributed by atoms with Crippen molar-refractivity contribution in [3.8, 4) is 0 Å². The lowest BCUT2D eigenvalue weighted by Crippen LogP contribution is -2.15. The molecule has 0 bridgehead atoms. The van der Waals surface area contributed by atoms with E-state index in [0.29, 0.717) is 18.4 Å². The Kier molecular flexibility index (Phi) is 3.40. The number of thiophene rings is 1. The van der Waals surface area contributed by atoms with E-state index >= 15 is 0 Å². The molecule has 1 heterocycles. The van der Waals surface area contributed by atoms with E-state index in [1.807, 2.05) is 35.7 Å². The molecule has 1 aliphatic carbocycles. The molecule has 0 N–H and O–H groups in total. The lowest BCUT2D eigenvalue weighted by molar-refractivity contribution is -0.145. The Morgan fingerprint density at radius 1 is 1.20 bits per heavy atom. The minimum absolute atomic E-state index is 0.0457. The Labute approximate surface area is 121 Å². The van der Waals surface area contributed by atoms with Gasteiger partial charge in [0.2, 0.25) is 5.78 Å². The summed E-state index contributed by atoms with van der Waals surface area (Å²) in [6.07, 6.45) is 1.36. The number of rotatable bonds is 3. The molecule has 1 aromatic heterocycles. The first-order valence-corrected chi connectivity index (χ1v) is 7.35. The van der Waals surface area contributed by atoms with E-state index in [4.69, 9.17) is 4.74 Å². The number of carbonyl (C=O) groups excluding carboxylic acids is 2. The van der Waals surface area contributed by atoms with Crippen LogP contribution in [0, 0.1) is 5.92 Å². The molecule has 1 unspecified atom stereocenters. The van der Waals surface area contributed by atoms with Gasteiger partial charge in [-0.15, -0.1) is 11.3 Å². The van der Waals surface area contributed by atoms with Gasteiger partial charge in [-0.1, -0.05) is 18.2 Å². The SMILES string of the molecule is COC(=O)C1Cc2ccc(C(=O)c3cccs3)cc2C1. The zero-order valence-corrected chi connectivity index (χ0v) is 11.9. The van der Waals surface area contributed by atoms with Gasteiger partial charge in [0, 0.05) is 5.56 Å². The van der Waals surface area contributed by atoms with Crippen molar-refractivity contribution in [3.63, 3.8) is 0 Å². The predicted octanol–water partition coefficient (Wildman–Crippen LogP) is 2.87. The Morgan fingerprint density at radius 3 is 2.70 bits per heavy atom. The van der Waals surface area contributed by atoms with Gasteiger partial charge in [-0.05, 0) is 41.5 Å². The fourth-order valence-electron chi connectivity index (χ4n) is 2.64. The number of ketones is 1. The number of benzene rings is 1. The van der Waals surface area contributed by atoms with Crippen molar-refractivity contribution in [1.29, 1.82) is 0 Å². The van der Waals surface area contributed by atoms with E-state index in [2.05, 4.69) is 0 Å². The van der Waals surface area contributed by atoms with Crippen molar-refractivity contribution in [2.45, 2.75) is 12.8 Å². The summed E-state index contributed by atoms with van der Waals surface area (Å²) in [6.45, 7) is 0. The number of hydrogen-bond acceptors (Lipinski definition) is 4. The fourth-order valence-corrected chi connectivity index (χ4v) is 3.33. The largest absolute Gasteiger partial charge is 0.469 e. The van der Waals surface area contributed by atoms with Crippen LogP contribution in [0.1, 0.15) is 26.4 Å². The van der Waals surface area contributed by atoms with Crippen LogP contribution in [-0.4, -0.2) is 18.9 Å². The molecular weight excluding hydrogens is 272 g/mol. The van der Waals surface area contributed by atoms with Crippen LogP contribution in [-0.2, 0) is 22.4 Å². The van der Waals surface area contributed by atoms with Crippen molar-refractivity contribution >= 4 is 23.1 Å². The summed E-state index contributed by atoms with van der Waals surface area (Å²) < 4.78 is 4.80. The summed E-state index contributed by atoms with van der Waals surface area (Å²) in [7, 11) is 1.41. The first-order chi connectivity index (χ1) is 9.69. The van der Waals surface area contributed by atoms with Crippen molar-refractivity contribution in [1.82, 2.24) is 0 Å². The number of hydrogen-bond donors (Lipinski definition) is 0. The zero-order chi connectivity index (χ0) is 14.1. The van der Waals surface area contributed by atoms with Crippen molar-refractivity contribution < 1.29 is 14.3 Å². The molecule has 2 aromatic rings. The number of methoxy groups -OCH3 is 1. The number of esters is 1. The molecule has 0 aliphatic heterocycles. The van der Waals surface area contributed by atoms with Crippen LogP contribution < -0.4 is 0 Å². The highest BCUT2D eigenvalue weighted by atomic mass is 32.1. The normalized spacial score (nSPS) is 16.8. The summed E-state index contributed by atoms with van der Waals surface area (Å²) in [5, 5.41) is 1.90. The third-order valence-corrected chi connectivity index (χ3v) is 4.55. The van der Waals surface area contributed by atoms with E-state index in [-0.39, 0.29) is 17.7 Å². The molecule has 1 atom stereocenters. The molecule has 20 heavy (non-hydrogen) atoms. The van der Waals surface area contributed by atoms with Crippen LogP contribution in [0.25, 0.3) is 0 Å². The highest BCUT2D eigenvalue weighted by Crippen LogP contribution is 2.29. The van der Waals surface area contributed by atoms with Crippen LogP contribution in [0.15, 0.2) is 35.7 Å². The lowest BCUT2D eigenvalue weighted by Gasteiger charge is -2.04. The van der Waals surface area contributed by atoms with Crippen LogP contribution in [0.3, 0.4) is 0 Å². The van der Waals surface area contributed by atoms with Crippen molar-refractivity contribution in [3.05, 3.63) is 57.3 Å². The van der Waals surface area contributed by atoms with Gasteiger partial charge in [-0.3, -0.25) is 9.59 Å². The molecule has 0 radical (unpaired) electrons. The minimum Gasteiger partial charge on any atom is -0.469 e. The maximum atomic E-state index is 12.3. The van der Waals surface area contributed by atoms with Crippen LogP contribution in [0.5, 0.6) is 0 Å². The zero-order valence-electron chi connectivity index (χ0n) is 11.1. The first-order valence-electron chi connectivity index (χ1n) is 6.47. The van der Waals surface area contributed by atoms with Gasteiger partial charge < -0.3 is 4.74 Å². The van der Waals surface area contributed by atoms with Gasteiger partial charge >= 0.3 is 5.97 Å². The Morgan fingerprint density at radius 2 is 2.00 bits per heavy atom. The molecule has 0 saturated heterocycles. The summed E-state index contributed by atoms with van der Waals surface area (Å²) >= 11 is 1.44. The van der Waals surface area contributed by atoms with Gasteiger partial charge in [0.1, 0.15) is 0 Å². The number of carbonyl (C=O) groups is 2. The summed E-state index contributed by atoms with van der Waals surface area (Å²) in [5.74, 6) is -0.237. The third kappa shape index (κ3) is 2.27. The average molecular weight is 286 g/mol. The second-order valence-corrected chi connectivity index (χ2v) is 5.87. The Hall–Kier alpha value is -1.94. The van der Waals surface area contributed by atoms with Crippen LogP contribution in [0.4, 0.5) is 0 Å². The smallest absolute Gasteiger partial charge is 0.309 e. The van der Waals surface area contributed by atoms with Gasteiger partial charge in [0.25, 0.3) is 0 Å². The molecule has 0 saturated carbocycles. The summed E-state index contributed by atoms with van der Waals surface area (Å²) in [4.78, 5) is 24.6. The topological polar surface area (TPSA) is 43.4 Å². The average Bonchev–Trinajstić information content (AvgIpc) is 3.13. The maximum absolute atomic E-state index is 12.3. The van der Waals surface area contributed by atoms with Crippen molar-refractivity contribution in [2.24, 2.45) is 5.92 Å². The monoisotopic (exact) mass is 286 g/mol. The maximum Gasteiger partial charge on any atom is 0.309 e. The molecule has 4 heteroatoms. The van der Waals surface area contributed by atoms with Gasteiger partial charge in [-0.25, -0.2) is 0 Å². The highest BCUT2D eigenvalue weighted by molar-refractivity contribution is 7.12. The van der Waals surface area contributed by atoms with Gasteiger partial charge in [0.05, 0.1) is 17.9 Å². The van der Waals surface area contributed by atoms with E-state index < -0.39 is 0 Å². The Bertz CT molecular complexity index is 658. The fraction of sp³-hybridized carbons (Fsp3) is 0.250. The third-order valence-electron chi connectivity index (χ3n) is 3.68. The predicted molar refractivity (Wildman–Crippen MR) is 77.1 cm³/mol. The van der Waals surface area contributed by atoms with E-state index in [1.54, 1.807) is 0 Å². The molecule has 0 amide bonds. The lowest BCUT2D eigenvalue weighted by atomic mass is 10.0. The number of fused-ring (bicyclic) bond motifs is 1. The van der Waals surface area contributed by atoms with Gasteiger partial charge in [-0.2, -0.15) is 0 Å². The standard InChI is InChI=1S/C16H14O3S/c1-19-16(18)13-7-10-4-5-11(8-12(10)9-13)15(17)14-3-2-6-20-14/h2-6,8,13H,7,9H2,1H3. The van der Waals surface area contributed by atoms with Crippen LogP contribution in [0.2, 0.25) is 0 Å². The molecule has 0 spiro atoms. The molecule has 102 valence electrons. The van der Waals surface area contributed by atoms with Crippen LogP contribution >= 0.6 is 11.3 Å². The highest BCUT2D eigenvalue weighted by Gasteiger charge is 2.28. The van der Waals surface area contributed by atoms with Crippen molar-refractivity contribution in [2.75, 3.05) is 7.11 Å². The van der Waals surface area contributed by atoms with Gasteiger partial charge in [0.15, 0.2) is 0 Å². The van der Waals surface area contributed by atoms with E-state index in [9.17, 15) is 9.59 Å². The van der Waals surface area contributed by atoms with E-state index in [1.165, 1.54) is 18.4 Å². The Balaban J connectivity index is 1.86. The van der Waals surface area contributed by atoms with E-state index in [0.717, 1.165) is 16.0 Å². The number of ether oxygens (including phenoxy) is 1. The second kappa shape index (κ2) is 5.21. The molecule has 3 rings (SSSR count). The molecular formula is C16H14O3S. The first kappa shape index (κ1) is 13.1. The summed E-state index contributed by atoms with van der Waals surface area (Å²) in [6, 6.07) is 9.43. The minimum atomic E-state index is -0.174. The quantitative estimate of drug-likeness (QED) is 0.643. The second-order valence-electron chi connectivity index (χ2n) is 4.92. The molecule has 1 aliphatic rings. The molecule has 1 aromatic carbocycles. The molecule has 3 nitrogen and oxygen atoms in total.